The fourth-order valence-electron chi connectivity index (χ4n) is 2.32. The molecule has 0 fully saturated rings. The highest BCUT2D eigenvalue weighted by atomic mass is 79.9. The summed E-state index contributed by atoms with van der Waals surface area (Å²) in [5.74, 6) is 0.318. The lowest BCUT2D eigenvalue weighted by molar-refractivity contribution is 0.667. The van der Waals surface area contributed by atoms with Crippen molar-refractivity contribution in [2.45, 2.75) is 6.54 Å². The summed E-state index contributed by atoms with van der Waals surface area (Å²) < 4.78 is 3.23. The van der Waals surface area contributed by atoms with Crippen molar-refractivity contribution >= 4 is 21.7 Å². The van der Waals surface area contributed by atoms with Gasteiger partial charge in [-0.25, -0.2) is 4.79 Å². The van der Waals surface area contributed by atoms with Gasteiger partial charge < -0.3 is 4.90 Å². The molecule has 2 rings (SSSR count). The fourth-order valence-corrected chi connectivity index (χ4v) is 2.58. The molecule has 0 aliphatic heterocycles. The van der Waals surface area contributed by atoms with Crippen molar-refractivity contribution in [1.82, 2.24) is 9.13 Å². The number of aromatic nitrogens is 2. The molecular formula is C15H15BrN4O2. The van der Waals surface area contributed by atoms with E-state index in [9.17, 15) is 14.9 Å². The van der Waals surface area contributed by atoms with E-state index in [-0.39, 0.29) is 5.56 Å². The smallest absolute Gasteiger partial charge is 0.332 e. The van der Waals surface area contributed by atoms with E-state index in [1.165, 1.54) is 11.6 Å². The predicted molar refractivity (Wildman–Crippen MR) is 87.9 cm³/mol. The van der Waals surface area contributed by atoms with E-state index < -0.39 is 11.2 Å². The monoisotopic (exact) mass is 362 g/mol. The predicted octanol–water partition coefficient (Wildman–Crippen LogP) is 1.35. The van der Waals surface area contributed by atoms with Crippen LogP contribution < -0.4 is 16.1 Å². The molecule has 2 aromatic rings. The molecular weight excluding hydrogens is 348 g/mol. The molecule has 7 heteroatoms. The van der Waals surface area contributed by atoms with E-state index in [0.717, 1.165) is 14.6 Å². The number of benzene rings is 1. The van der Waals surface area contributed by atoms with Crippen LogP contribution in [0.25, 0.3) is 0 Å². The highest BCUT2D eigenvalue weighted by Crippen LogP contribution is 2.17. The summed E-state index contributed by atoms with van der Waals surface area (Å²) in [5, 5.41) is 9.28. The lowest BCUT2D eigenvalue weighted by atomic mass is 10.2. The molecule has 0 aliphatic rings. The van der Waals surface area contributed by atoms with E-state index in [0.29, 0.717) is 12.4 Å². The minimum atomic E-state index is -0.580. The van der Waals surface area contributed by atoms with Crippen LogP contribution in [-0.2, 0) is 20.6 Å². The number of nitriles is 1. The summed E-state index contributed by atoms with van der Waals surface area (Å²) in [5.41, 5.74) is -0.0724. The Balaban J connectivity index is 2.52. The van der Waals surface area contributed by atoms with Gasteiger partial charge in [-0.05, 0) is 17.7 Å². The fraction of sp³-hybridized carbons (Fsp3) is 0.267. The van der Waals surface area contributed by atoms with Gasteiger partial charge in [0.05, 0.1) is 0 Å². The van der Waals surface area contributed by atoms with Gasteiger partial charge in [-0.1, -0.05) is 28.1 Å². The van der Waals surface area contributed by atoms with E-state index in [1.54, 1.807) is 19.0 Å². The summed E-state index contributed by atoms with van der Waals surface area (Å²) in [6, 6.07) is 9.61. The van der Waals surface area contributed by atoms with Crippen molar-refractivity contribution in [1.29, 1.82) is 5.26 Å². The van der Waals surface area contributed by atoms with Crippen LogP contribution in [-0.4, -0.2) is 16.2 Å². The summed E-state index contributed by atoms with van der Waals surface area (Å²) in [4.78, 5) is 25.9. The number of halogens is 1. The highest BCUT2D eigenvalue weighted by molar-refractivity contribution is 9.10. The molecule has 0 saturated carbocycles. The van der Waals surface area contributed by atoms with Gasteiger partial charge in [-0.3, -0.25) is 13.9 Å². The largest absolute Gasteiger partial charge is 0.355 e. The van der Waals surface area contributed by atoms with Crippen LogP contribution in [0.5, 0.6) is 0 Å². The molecule has 1 heterocycles. The molecule has 0 N–H and O–H groups in total. The average Bonchev–Trinajstić information content (AvgIpc) is 2.50. The van der Waals surface area contributed by atoms with Crippen molar-refractivity contribution < 1.29 is 0 Å². The Bertz CT molecular complexity index is 859. The van der Waals surface area contributed by atoms with Gasteiger partial charge in [0.2, 0.25) is 0 Å². The SMILES string of the molecule is CN(Cc1ccc(Br)cc1)c1c(C#N)c(=O)n(C)c(=O)n1C. The first-order valence-corrected chi connectivity index (χ1v) is 7.31. The van der Waals surface area contributed by atoms with Crippen LogP contribution in [0.1, 0.15) is 11.1 Å². The maximum atomic E-state index is 12.1. The molecule has 0 bridgehead atoms. The molecule has 114 valence electrons. The molecule has 0 atom stereocenters. The molecule has 0 saturated heterocycles. The topological polar surface area (TPSA) is 71.0 Å². The van der Waals surface area contributed by atoms with Crippen LogP contribution >= 0.6 is 15.9 Å². The van der Waals surface area contributed by atoms with Crippen molar-refractivity contribution in [3.05, 3.63) is 60.7 Å². The quantitative estimate of drug-likeness (QED) is 0.826. The highest BCUT2D eigenvalue weighted by Gasteiger charge is 2.18. The molecule has 0 aliphatic carbocycles. The van der Waals surface area contributed by atoms with E-state index in [2.05, 4.69) is 15.9 Å². The van der Waals surface area contributed by atoms with E-state index >= 15 is 0 Å². The van der Waals surface area contributed by atoms with Crippen LogP contribution in [0.3, 0.4) is 0 Å². The molecule has 1 aromatic heterocycles. The maximum Gasteiger partial charge on any atom is 0.332 e. The first-order valence-electron chi connectivity index (χ1n) is 6.52. The van der Waals surface area contributed by atoms with Crippen molar-refractivity contribution in [2.24, 2.45) is 14.1 Å². The second-order valence-corrected chi connectivity index (χ2v) is 5.91. The Morgan fingerprint density at radius 1 is 1.18 bits per heavy atom. The Hall–Kier alpha value is -2.33. The zero-order valence-electron chi connectivity index (χ0n) is 12.5. The van der Waals surface area contributed by atoms with Crippen molar-refractivity contribution in [2.75, 3.05) is 11.9 Å². The third-order valence-electron chi connectivity index (χ3n) is 3.44. The Labute approximate surface area is 136 Å². The molecule has 0 amide bonds. The zero-order valence-corrected chi connectivity index (χ0v) is 14.1. The molecule has 0 unspecified atom stereocenters. The van der Waals surface area contributed by atoms with Gasteiger partial charge in [-0.2, -0.15) is 5.26 Å². The maximum absolute atomic E-state index is 12.1. The Morgan fingerprint density at radius 3 is 2.32 bits per heavy atom. The number of rotatable bonds is 3. The summed E-state index contributed by atoms with van der Waals surface area (Å²) in [7, 11) is 4.66. The number of hydrogen-bond donors (Lipinski definition) is 0. The molecule has 22 heavy (non-hydrogen) atoms. The van der Waals surface area contributed by atoms with Crippen molar-refractivity contribution in [3.8, 4) is 6.07 Å². The van der Waals surface area contributed by atoms with Gasteiger partial charge in [0, 0.05) is 32.2 Å². The molecule has 1 aromatic carbocycles. The second kappa shape index (κ2) is 6.20. The minimum absolute atomic E-state index is 0.0378. The number of hydrogen-bond acceptors (Lipinski definition) is 4. The van der Waals surface area contributed by atoms with Gasteiger partial charge >= 0.3 is 5.69 Å². The first-order chi connectivity index (χ1) is 10.4. The minimum Gasteiger partial charge on any atom is -0.355 e. The molecule has 6 nitrogen and oxygen atoms in total. The van der Waals surface area contributed by atoms with E-state index in [4.69, 9.17) is 0 Å². The van der Waals surface area contributed by atoms with Crippen LogP contribution in [0.15, 0.2) is 38.3 Å². The average molecular weight is 363 g/mol. The third-order valence-corrected chi connectivity index (χ3v) is 3.97. The van der Waals surface area contributed by atoms with Crippen molar-refractivity contribution in [3.63, 3.8) is 0 Å². The Morgan fingerprint density at radius 2 is 1.77 bits per heavy atom. The van der Waals surface area contributed by atoms with Gasteiger partial charge in [0.15, 0.2) is 5.56 Å². The second-order valence-electron chi connectivity index (χ2n) is 5.00. The van der Waals surface area contributed by atoms with Crippen LogP contribution in [0, 0.1) is 11.3 Å². The normalized spacial score (nSPS) is 10.3. The lowest BCUT2D eigenvalue weighted by Gasteiger charge is -2.23. The first kappa shape index (κ1) is 16.0. The van der Waals surface area contributed by atoms with Gasteiger partial charge in [0.25, 0.3) is 5.56 Å². The van der Waals surface area contributed by atoms with E-state index in [1.807, 2.05) is 30.3 Å². The molecule has 0 spiro atoms. The molecule has 0 radical (unpaired) electrons. The number of anilines is 1. The summed E-state index contributed by atoms with van der Waals surface area (Å²) >= 11 is 3.37. The van der Waals surface area contributed by atoms with Gasteiger partial charge in [0.1, 0.15) is 11.9 Å². The third kappa shape index (κ3) is 2.83. The summed E-state index contributed by atoms with van der Waals surface area (Å²) in [6.07, 6.45) is 0. The van der Waals surface area contributed by atoms with Crippen LogP contribution in [0.4, 0.5) is 5.82 Å². The number of nitrogens with zero attached hydrogens (tertiary/aromatic N) is 4. The standard InChI is InChI=1S/C15H15BrN4O2/c1-18(9-10-4-6-11(16)7-5-10)13-12(8-17)14(21)20(3)15(22)19(13)2/h4-7H,9H2,1-3H3. The zero-order chi connectivity index (χ0) is 16.4. The van der Waals surface area contributed by atoms with Gasteiger partial charge in [-0.15, -0.1) is 0 Å². The lowest BCUT2D eigenvalue weighted by Crippen LogP contribution is -2.41. The summed E-state index contributed by atoms with van der Waals surface area (Å²) in [6.45, 7) is 0.475. The van der Waals surface area contributed by atoms with Crippen LogP contribution in [0.2, 0.25) is 0 Å². The Kier molecular flexibility index (Phi) is 4.52.